The second kappa shape index (κ2) is 8.08. The van der Waals surface area contributed by atoms with Crippen LogP contribution in [0.25, 0.3) is 22.2 Å². The van der Waals surface area contributed by atoms with Crippen molar-refractivity contribution in [2.24, 2.45) is 7.05 Å². The van der Waals surface area contributed by atoms with Gasteiger partial charge in [-0.3, -0.25) is 4.79 Å². The van der Waals surface area contributed by atoms with Crippen molar-refractivity contribution < 1.29 is 9.53 Å². The quantitative estimate of drug-likeness (QED) is 0.473. The van der Waals surface area contributed by atoms with Gasteiger partial charge in [0.15, 0.2) is 0 Å². The first kappa shape index (κ1) is 19.2. The monoisotopic (exact) mass is 398 g/mol. The zero-order valence-corrected chi connectivity index (χ0v) is 16.6. The number of para-hydroxylation sites is 1. The molecule has 4 aromatic rings. The average molecular weight is 398 g/mol. The lowest BCUT2D eigenvalue weighted by Gasteiger charge is -2.12. The predicted octanol–water partition coefficient (Wildman–Crippen LogP) is 4.31. The lowest BCUT2D eigenvalue weighted by Crippen LogP contribution is -2.08. The second-order valence-corrected chi connectivity index (χ2v) is 6.57. The molecule has 30 heavy (non-hydrogen) atoms. The first-order chi connectivity index (χ1) is 14.6. The maximum atomic E-state index is 11.6. The minimum atomic E-state index is -0.323. The molecule has 2 aromatic carbocycles. The summed E-state index contributed by atoms with van der Waals surface area (Å²) in [6.07, 6.45) is 4.94. The molecule has 0 aliphatic heterocycles. The van der Waals surface area contributed by atoms with Gasteiger partial charge in [0, 0.05) is 42.0 Å². The van der Waals surface area contributed by atoms with Gasteiger partial charge in [0.1, 0.15) is 5.75 Å². The van der Waals surface area contributed by atoms with E-state index in [4.69, 9.17) is 4.74 Å². The number of benzene rings is 2. The van der Waals surface area contributed by atoms with Crippen molar-refractivity contribution in [2.75, 3.05) is 17.7 Å². The van der Waals surface area contributed by atoms with E-state index >= 15 is 0 Å². The van der Waals surface area contributed by atoms with Crippen molar-refractivity contribution in [3.8, 4) is 17.0 Å². The first-order valence-electron chi connectivity index (χ1n) is 9.27. The van der Waals surface area contributed by atoms with E-state index in [0.717, 1.165) is 22.2 Å². The van der Waals surface area contributed by atoms with E-state index in [-0.39, 0.29) is 5.91 Å². The fraction of sp³-hybridized carbons (Fsp3) is 0.0870. The zero-order valence-electron chi connectivity index (χ0n) is 16.6. The van der Waals surface area contributed by atoms with Crippen molar-refractivity contribution >= 4 is 34.1 Å². The van der Waals surface area contributed by atoms with E-state index < -0.39 is 0 Å². The van der Waals surface area contributed by atoms with Gasteiger partial charge in [0.05, 0.1) is 24.2 Å². The van der Waals surface area contributed by atoms with Gasteiger partial charge < -0.3 is 19.9 Å². The summed E-state index contributed by atoms with van der Waals surface area (Å²) in [6.45, 7) is 3.45. The SMILES string of the molecule is C=CC(=O)Nc1[c]c(Nc2nccc(-c3cn(C)c4ccccc34)n2)c(OC)cc1. The number of aryl methyl sites for hydroxylation is 1. The molecule has 1 radical (unpaired) electrons. The van der Waals surface area contributed by atoms with Gasteiger partial charge in [-0.1, -0.05) is 24.8 Å². The third-order valence-electron chi connectivity index (χ3n) is 4.64. The largest absolute Gasteiger partial charge is 0.495 e. The Hall–Kier alpha value is -4.13. The molecule has 0 spiro atoms. The van der Waals surface area contributed by atoms with Crippen LogP contribution in [0.4, 0.5) is 17.3 Å². The Labute approximate surface area is 174 Å². The molecule has 0 saturated carbocycles. The van der Waals surface area contributed by atoms with E-state index in [0.29, 0.717) is 23.1 Å². The molecule has 0 atom stereocenters. The highest BCUT2D eigenvalue weighted by molar-refractivity contribution is 5.99. The van der Waals surface area contributed by atoms with Crippen LogP contribution in [0.2, 0.25) is 0 Å². The standard InChI is InChI=1S/C23H20N5O2/c1-4-22(29)25-15-9-10-21(30-3)19(13-15)27-23-24-12-11-18(26-23)17-14-28(2)20-8-6-5-7-16(17)20/h4-12,14H,1H2,2-3H3,(H,25,29)(H,24,26,27). The molecule has 149 valence electrons. The first-order valence-corrected chi connectivity index (χ1v) is 9.27. The van der Waals surface area contributed by atoms with Gasteiger partial charge >= 0.3 is 0 Å². The Bertz CT molecular complexity index is 1250. The van der Waals surface area contributed by atoms with E-state index in [1.54, 1.807) is 25.4 Å². The van der Waals surface area contributed by atoms with Crippen LogP contribution in [0, 0.1) is 6.07 Å². The highest BCUT2D eigenvalue weighted by Gasteiger charge is 2.12. The van der Waals surface area contributed by atoms with Gasteiger partial charge in [0.2, 0.25) is 11.9 Å². The predicted molar refractivity (Wildman–Crippen MR) is 118 cm³/mol. The Kier molecular flexibility index (Phi) is 5.17. The van der Waals surface area contributed by atoms with Crippen LogP contribution >= 0.6 is 0 Å². The van der Waals surface area contributed by atoms with Crippen LogP contribution in [-0.2, 0) is 11.8 Å². The lowest BCUT2D eigenvalue weighted by molar-refractivity contribution is -0.111. The number of nitrogens with one attached hydrogen (secondary N) is 2. The third-order valence-corrected chi connectivity index (χ3v) is 4.64. The summed E-state index contributed by atoms with van der Waals surface area (Å²) in [4.78, 5) is 20.6. The van der Waals surface area contributed by atoms with Crippen LogP contribution < -0.4 is 15.4 Å². The molecule has 0 fully saturated rings. The molecule has 0 aliphatic rings. The molecule has 1 amide bonds. The summed E-state index contributed by atoms with van der Waals surface area (Å²) in [5.74, 6) is 0.615. The number of carbonyl (C=O) groups is 1. The molecule has 4 rings (SSSR count). The maximum Gasteiger partial charge on any atom is 0.247 e. The van der Waals surface area contributed by atoms with E-state index in [1.165, 1.54) is 6.08 Å². The smallest absolute Gasteiger partial charge is 0.247 e. The molecule has 0 saturated heterocycles. The molecule has 7 heteroatoms. The Morgan fingerprint density at radius 3 is 2.87 bits per heavy atom. The van der Waals surface area contributed by atoms with Crippen molar-refractivity contribution in [3.05, 3.63) is 73.6 Å². The van der Waals surface area contributed by atoms with E-state index in [2.05, 4.69) is 56.1 Å². The molecule has 0 unspecified atom stereocenters. The number of methoxy groups -OCH3 is 1. The number of rotatable bonds is 6. The van der Waals surface area contributed by atoms with Crippen LogP contribution in [0.3, 0.4) is 0 Å². The minimum absolute atomic E-state index is 0.323. The van der Waals surface area contributed by atoms with Crippen molar-refractivity contribution in [1.29, 1.82) is 0 Å². The van der Waals surface area contributed by atoms with Gasteiger partial charge in [-0.05, 0) is 30.3 Å². The summed E-state index contributed by atoms with van der Waals surface area (Å²) < 4.78 is 7.47. The number of anilines is 3. The van der Waals surface area contributed by atoms with E-state index in [1.807, 2.05) is 25.2 Å². The van der Waals surface area contributed by atoms with Crippen LogP contribution in [0.15, 0.2) is 67.5 Å². The van der Waals surface area contributed by atoms with Gasteiger partial charge in [0.25, 0.3) is 0 Å². The second-order valence-electron chi connectivity index (χ2n) is 6.57. The molecule has 7 nitrogen and oxygen atoms in total. The molecule has 0 bridgehead atoms. The molecule has 2 aromatic heterocycles. The van der Waals surface area contributed by atoms with Crippen molar-refractivity contribution in [1.82, 2.24) is 14.5 Å². The van der Waals surface area contributed by atoms with Crippen LogP contribution in [-0.4, -0.2) is 27.6 Å². The summed E-state index contributed by atoms with van der Waals surface area (Å²) >= 11 is 0. The summed E-state index contributed by atoms with van der Waals surface area (Å²) in [6, 6.07) is 16.5. The minimum Gasteiger partial charge on any atom is -0.495 e. The Morgan fingerprint density at radius 2 is 2.07 bits per heavy atom. The summed E-state index contributed by atoms with van der Waals surface area (Å²) in [5.41, 5.74) is 3.92. The fourth-order valence-corrected chi connectivity index (χ4v) is 3.23. The van der Waals surface area contributed by atoms with Gasteiger partial charge in [-0.15, -0.1) is 0 Å². The third kappa shape index (κ3) is 3.73. The topological polar surface area (TPSA) is 81.1 Å². The molecular weight excluding hydrogens is 378 g/mol. The van der Waals surface area contributed by atoms with Gasteiger partial charge in [-0.2, -0.15) is 0 Å². The zero-order chi connectivity index (χ0) is 21.1. The number of ether oxygens (including phenoxy) is 1. The number of carbonyl (C=O) groups excluding carboxylic acids is 1. The highest BCUT2D eigenvalue weighted by Crippen LogP contribution is 2.31. The highest BCUT2D eigenvalue weighted by atomic mass is 16.5. The summed E-state index contributed by atoms with van der Waals surface area (Å²) in [5, 5.41) is 6.92. The molecule has 2 N–H and O–H groups in total. The van der Waals surface area contributed by atoms with Crippen LogP contribution in [0.5, 0.6) is 5.75 Å². The molecule has 2 heterocycles. The Morgan fingerprint density at radius 1 is 1.23 bits per heavy atom. The lowest BCUT2D eigenvalue weighted by atomic mass is 10.1. The summed E-state index contributed by atoms with van der Waals surface area (Å²) in [7, 11) is 3.57. The van der Waals surface area contributed by atoms with Crippen molar-refractivity contribution in [3.63, 3.8) is 0 Å². The molecule has 0 aliphatic carbocycles. The van der Waals surface area contributed by atoms with Crippen LogP contribution in [0.1, 0.15) is 0 Å². The number of nitrogens with zero attached hydrogens (tertiary/aromatic N) is 3. The number of hydrogen-bond donors (Lipinski definition) is 2. The molecular formula is C23H20N5O2. The van der Waals surface area contributed by atoms with Crippen molar-refractivity contribution in [2.45, 2.75) is 0 Å². The van der Waals surface area contributed by atoms with Gasteiger partial charge in [-0.25, -0.2) is 9.97 Å². The number of hydrogen-bond acceptors (Lipinski definition) is 5. The number of aromatic nitrogens is 3. The number of amides is 1. The number of fused-ring (bicyclic) bond motifs is 1. The maximum absolute atomic E-state index is 11.6. The van der Waals surface area contributed by atoms with E-state index in [9.17, 15) is 4.79 Å². The normalized spacial score (nSPS) is 10.6. The average Bonchev–Trinajstić information content (AvgIpc) is 3.11. The Balaban J connectivity index is 1.69. The fourth-order valence-electron chi connectivity index (χ4n) is 3.23.